The number of para-hydroxylation sites is 1. The van der Waals surface area contributed by atoms with E-state index in [1.807, 2.05) is 30.5 Å². The van der Waals surface area contributed by atoms with Crippen LogP contribution in [0.1, 0.15) is 25.5 Å². The summed E-state index contributed by atoms with van der Waals surface area (Å²) in [6.07, 6.45) is 7.48. The molecule has 0 aliphatic rings. The van der Waals surface area contributed by atoms with E-state index in [9.17, 15) is 5.26 Å². The van der Waals surface area contributed by atoms with Crippen LogP contribution in [0.15, 0.2) is 59.6 Å². The predicted molar refractivity (Wildman–Crippen MR) is 113 cm³/mol. The van der Waals surface area contributed by atoms with Crippen LogP contribution in [-0.2, 0) is 0 Å². The van der Waals surface area contributed by atoms with Crippen LogP contribution in [-0.4, -0.2) is 19.5 Å². The lowest BCUT2D eigenvalue weighted by Crippen LogP contribution is -2.00. The van der Waals surface area contributed by atoms with Crippen LogP contribution in [0.2, 0.25) is 0 Å². The zero-order chi connectivity index (χ0) is 19.7. The first kappa shape index (κ1) is 18.1. The van der Waals surface area contributed by atoms with Gasteiger partial charge in [0.15, 0.2) is 0 Å². The van der Waals surface area contributed by atoms with E-state index in [-0.39, 0.29) is 0 Å². The van der Waals surface area contributed by atoms with Crippen LogP contribution in [0.5, 0.6) is 0 Å². The molecule has 138 valence electrons. The number of fused-ring (bicyclic) bond motifs is 1. The van der Waals surface area contributed by atoms with Crippen molar-refractivity contribution in [3.63, 3.8) is 0 Å². The molecule has 1 aromatic carbocycles. The molecule has 1 N–H and O–H groups in total. The molecule has 3 heterocycles. The molecule has 0 unspecified atom stereocenters. The monoisotopic (exact) mass is 432 g/mol. The van der Waals surface area contributed by atoms with Crippen molar-refractivity contribution in [1.82, 2.24) is 19.5 Å². The Balaban J connectivity index is 1.79. The summed E-state index contributed by atoms with van der Waals surface area (Å²) in [5, 5.41) is 13.6. The van der Waals surface area contributed by atoms with Gasteiger partial charge in [0.2, 0.25) is 5.95 Å². The third-order valence-corrected chi connectivity index (χ3v) is 5.16. The van der Waals surface area contributed by atoms with Gasteiger partial charge in [0.1, 0.15) is 6.07 Å². The molecule has 0 saturated carbocycles. The van der Waals surface area contributed by atoms with Crippen molar-refractivity contribution in [3.8, 4) is 17.3 Å². The van der Waals surface area contributed by atoms with Gasteiger partial charge < -0.3 is 9.88 Å². The number of pyridine rings is 1. The summed E-state index contributed by atoms with van der Waals surface area (Å²) in [5.41, 5.74) is 4.06. The van der Waals surface area contributed by atoms with E-state index in [1.54, 1.807) is 18.5 Å². The summed E-state index contributed by atoms with van der Waals surface area (Å²) in [6.45, 7) is 4.28. The van der Waals surface area contributed by atoms with Crippen molar-refractivity contribution in [2.24, 2.45) is 0 Å². The summed E-state index contributed by atoms with van der Waals surface area (Å²) in [6, 6.07) is 11.8. The summed E-state index contributed by atoms with van der Waals surface area (Å²) in [7, 11) is 0. The molecule has 7 heteroatoms. The maximum atomic E-state index is 9.37. The van der Waals surface area contributed by atoms with Gasteiger partial charge in [-0.1, -0.05) is 6.07 Å². The van der Waals surface area contributed by atoms with E-state index < -0.39 is 0 Å². The van der Waals surface area contributed by atoms with Crippen molar-refractivity contribution in [2.45, 2.75) is 19.9 Å². The first-order valence-electron chi connectivity index (χ1n) is 8.82. The van der Waals surface area contributed by atoms with Gasteiger partial charge in [-0.2, -0.15) is 5.26 Å². The fraction of sp³-hybridized carbons (Fsp3) is 0.143. The molecule has 0 atom stereocenters. The van der Waals surface area contributed by atoms with Crippen LogP contribution in [0, 0.1) is 11.3 Å². The summed E-state index contributed by atoms with van der Waals surface area (Å²) in [5.74, 6) is 0.431. The molecule has 0 bridgehead atoms. The van der Waals surface area contributed by atoms with Crippen LogP contribution >= 0.6 is 15.9 Å². The van der Waals surface area contributed by atoms with Gasteiger partial charge in [-0.15, -0.1) is 0 Å². The standard InChI is InChI=1S/C21H17BrN6/c1-13(2)28-12-16(15-6-8-24-11-19(15)28)18-7-9-25-21(26-18)27-20-14(10-23)4-3-5-17(20)22/h3-9,11-13H,1-2H3,(H,25,26,27). The quantitative estimate of drug-likeness (QED) is 0.463. The van der Waals surface area contributed by atoms with Gasteiger partial charge in [0.25, 0.3) is 0 Å². The highest BCUT2D eigenvalue weighted by Gasteiger charge is 2.14. The van der Waals surface area contributed by atoms with E-state index in [0.717, 1.165) is 26.6 Å². The maximum absolute atomic E-state index is 9.37. The number of anilines is 2. The van der Waals surface area contributed by atoms with Gasteiger partial charge in [0, 0.05) is 40.1 Å². The molecule has 0 saturated heterocycles. The lowest BCUT2D eigenvalue weighted by molar-refractivity contribution is 0.622. The van der Waals surface area contributed by atoms with Crippen LogP contribution in [0.3, 0.4) is 0 Å². The molecule has 0 amide bonds. The zero-order valence-electron chi connectivity index (χ0n) is 15.4. The third kappa shape index (κ3) is 3.23. The molecule has 4 rings (SSSR count). The highest BCUT2D eigenvalue weighted by Crippen LogP contribution is 2.32. The molecular weight excluding hydrogens is 416 g/mol. The van der Waals surface area contributed by atoms with Crippen molar-refractivity contribution in [1.29, 1.82) is 5.26 Å². The topological polar surface area (TPSA) is 79.4 Å². The number of nitrogens with zero attached hydrogens (tertiary/aromatic N) is 5. The molecule has 3 aromatic heterocycles. The third-order valence-electron chi connectivity index (χ3n) is 4.50. The van der Waals surface area contributed by atoms with E-state index in [4.69, 9.17) is 4.98 Å². The zero-order valence-corrected chi connectivity index (χ0v) is 17.0. The normalized spacial score (nSPS) is 11.0. The van der Waals surface area contributed by atoms with Gasteiger partial charge in [-0.05, 0) is 54.0 Å². The SMILES string of the molecule is CC(C)n1cc(-c2ccnc(Nc3c(Br)cccc3C#N)n2)c2ccncc21. The van der Waals surface area contributed by atoms with Gasteiger partial charge in [-0.25, -0.2) is 9.97 Å². The maximum Gasteiger partial charge on any atom is 0.227 e. The number of benzene rings is 1. The first-order chi connectivity index (χ1) is 13.6. The minimum Gasteiger partial charge on any atom is -0.343 e. The second kappa shape index (κ2) is 7.41. The highest BCUT2D eigenvalue weighted by molar-refractivity contribution is 9.10. The van der Waals surface area contributed by atoms with Crippen molar-refractivity contribution >= 4 is 38.5 Å². The Labute approximate surface area is 171 Å². The second-order valence-corrected chi connectivity index (χ2v) is 7.46. The van der Waals surface area contributed by atoms with Crippen molar-refractivity contribution in [2.75, 3.05) is 5.32 Å². The van der Waals surface area contributed by atoms with E-state index in [0.29, 0.717) is 23.2 Å². The van der Waals surface area contributed by atoms with Crippen molar-refractivity contribution in [3.05, 3.63) is 65.2 Å². The average Bonchev–Trinajstić information content (AvgIpc) is 3.10. The van der Waals surface area contributed by atoms with Crippen molar-refractivity contribution < 1.29 is 0 Å². The minimum atomic E-state index is 0.304. The highest BCUT2D eigenvalue weighted by atomic mass is 79.9. The Kier molecular flexibility index (Phi) is 4.80. The largest absolute Gasteiger partial charge is 0.343 e. The van der Waals surface area contributed by atoms with Crippen LogP contribution in [0.25, 0.3) is 22.2 Å². The molecule has 28 heavy (non-hydrogen) atoms. The smallest absolute Gasteiger partial charge is 0.227 e. The van der Waals surface area contributed by atoms with Crippen LogP contribution < -0.4 is 5.32 Å². The summed E-state index contributed by atoms with van der Waals surface area (Å²) < 4.78 is 2.97. The van der Waals surface area contributed by atoms with Gasteiger partial charge >= 0.3 is 0 Å². The number of hydrogen-bond donors (Lipinski definition) is 1. The number of nitriles is 1. The number of nitrogens with one attached hydrogen (secondary N) is 1. The number of halogens is 1. The fourth-order valence-electron chi connectivity index (χ4n) is 3.15. The van der Waals surface area contributed by atoms with Gasteiger partial charge in [0.05, 0.1) is 28.7 Å². The Morgan fingerprint density at radius 2 is 2.04 bits per heavy atom. The van der Waals surface area contributed by atoms with E-state index in [1.165, 1.54) is 0 Å². The molecular formula is C21H17BrN6. The minimum absolute atomic E-state index is 0.304. The Hall–Kier alpha value is -3.24. The van der Waals surface area contributed by atoms with Crippen LogP contribution in [0.4, 0.5) is 11.6 Å². The molecule has 0 spiro atoms. The first-order valence-corrected chi connectivity index (χ1v) is 9.61. The second-order valence-electron chi connectivity index (χ2n) is 6.60. The summed E-state index contributed by atoms with van der Waals surface area (Å²) >= 11 is 3.48. The fourth-order valence-corrected chi connectivity index (χ4v) is 3.62. The molecule has 6 nitrogen and oxygen atoms in total. The molecule has 0 radical (unpaired) electrons. The van der Waals surface area contributed by atoms with E-state index in [2.05, 4.69) is 61.9 Å². The molecule has 0 aliphatic carbocycles. The summed E-state index contributed by atoms with van der Waals surface area (Å²) in [4.78, 5) is 13.3. The Morgan fingerprint density at radius 1 is 1.18 bits per heavy atom. The number of rotatable bonds is 4. The molecule has 0 aliphatic heterocycles. The predicted octanol–water partition coefficient (Wildman–Crippen LogP) is 5.45. The van der Waals surface area contributed by atoms with E-state index >= 15 is 0 Å². The Bertz CT molecular complexity index is 1210. The molecule has 4 aromatic rings. The molecule has 0 fully saturated rings. The van der Waals surface area contributed by atoms with Gasteiger partial charge in [-0.3, -0.25) is 4.98 Å². The Morgan fingerprint density at radius 3 is 2.82 bits per heavy atom. The lowest BCUT2D eigenvalue weighted by Gasteiger charge is -2.09. The lowest BCUT2D eigenvalue weighted by atomic mass is 10.1. The number of hydrogen-bond acceptors (Lipinski definition) is 5. The number of aromatic nitrogens is 4. The average molecular weight is 433 g/mol.